The van der Waals surface area contributed by atoms with E-state index in [1.54, 1.807) is 17.0 Å². The van der Waals surface area contributed by atoms with Gasteiger partial charge in [-0.25, -0.2) is 4.79 Å². The standard InChI is InChI=1S/C17H24N2O3.H2/c1-17(2,3)22-16(21)19-11-7-10-14(19)12-18-15(20)13-8-5-4-6-9-13;/h4-6,8-9,14H,7,10-12H2,1-3H3,(H,18,20);1H/t14-;/m1./s1. The van der Waals surface area contributed by atoms with Crippen LogP contribution in [-0.4, -0.2) is 41.6 Å². The highest BCUT2D eigenvalue weighted by Gasteiger charge is 2.32. The first-order valence-electron chi connectivity index (χ1n) is 7.70. The predicted molar refractivity (Wildman–Crippen MR) is 86.9 cm³/mol. The van der Waals surface area contributed by atoms with Gasteiger partial charge in [-0.05, 0) is 45.7 Å². The van der Waals surface area contributed by atoms with Gasteiger partial charge in [0.05, 0.1) is 6.04 Å². The molecular weight excluding hydrogens is 280 g/mol. The summed E-state index contributed by atoms with van der Waals surface area (Å²) in [5.41, 5.74) is 0.127. The molecule has 0 aromatic heterocycles. The minimum atomic E-state index is -0.502. The molecule has 0 aliphatic carbocycles. The van der Waals surface area contributed by atoms with Gasteiger partial charge in [0.25, 0.3) is 5.91 Å². The van der Waals surface area contributed by atoms with Gasteiger partial charge >= 0.3 is 6.09 Å². The van der Waals surface area contributed by atoms with Crippen LogP contribution in [-0.2, 0) is 4.74 Å². The molecule has 1 atom stereocenters. The third-order valence-electron chi connectivity index (χ3n) is 3.54. The van der Waals surface area contributed by atoms with Crippen LogP contribution in [0.3, 0.4) is 0 Å². The molecule has 0 bridgehead atoms. The number of hydrogen-bond donors (Lipinski definition) is 1. The number of hydrogen-bond acceptors (Lipinski definition) is 3. The fourth-order valence-electron chi connectivity index (χ4n) is 2.51. The van der Waals surface area contributed by atoms with Crippen molar-refractivity contribution in [2.45, 2.75) is 45.3 Å². The molecular formula is C17H26N2O3. The molecule has 1 aromatic rings. The van der Waals surface area contributed by atoms with E-state index in [-0.39, 0.29) is 19.5 Å². The molecule has 0 unspecified atom stereocenters. The molecule has 1 aromatic carbocycles. The summed E-state index contributed by atoms with van der Waals surface area (Å²) in [6.45, 7) is 6.70. The highest BCUT2D eigenvalue weighted by atomic mass is 16.6. The minimum Gasteiger partial charge on any atom is -0.444 e. The SMILES string of the molecule is CC(C)(C)OC(=O)N1CCC[C@@H]1CNC(=O)c1ccccc1.[HH]. The van der Waals surface area contributed by atoms with Crippen LogP contribution in [0.15, 0.2) is 30.3 Å². The number of ether oxygens (including phenoxy) is 1. The maximum Gasteiger partial charge on any atom is 0.410 e. The van der Waals surface area contributed by atoms with Crippen LogP contribution in [0.2, 0.25) is 0 Å². The van der Waals surface area contributed by atoms with E-state index in [0.717, 1.165) is 12.8 Å². The molecule has 1 fully saturated rings. The Balaban J connectivity index is 0.00000264. The summed E-state index contributed by atoms with van der Waals surface area (Å²) in [6, 6.07) is 9.08. The van der Waals surface area contributed by atoms with Crippen LogP contribution in [0, 0.1) is 0 Å². The zero-order valence-corrected chi connectivity index (χ0v) is 13.5. The Morgan fingerprint density at radius 2 is 2.00 bits per heavy atom. The number of benzene rings is 1. The van der Waals surface area contributed by atoms with Gasteiger partial charge in [-0.15, -0.1) is 0 Å². The second kappa shape index (κ2) is 6.81. The van der Waals surface area contributed by atoms with E-state index in [1.807, 2.05) is 39.0 Å². The van der Waals surface area contributed by atoms with Gasteiger partial charge in [-0.3, -0.25) is 4.79 Å². The minimum absolute atomic E-state index is 0. The summed E-state index contributed by atoms with van der Waals surface area (Å²) >= 11 is 0. The molecule has 1 N–H and O–H groups in total. The molecule has 0 saturated carbocycles. The van der Waals surface area contributed by atoms with Gasteiger partial charge in [0.2, 0.25) is 0 Å². The quantitative estimate of drug-likeness (QED) is 0.933. The topological polar surface area (TPSA) is 58.6 Å². The van der Waals surface area contributed by atoms with Crippen LogP contribution in [0.5, 0.6) is 0 Å². The van der Waals surface area contributed by atoms with Crippen molar-refractivity contribution in [3.05, 3.63) is 35.9 Å². The third kappa shape index (κ3) is 4.48. The maximum atomic E-state index is 12.2. The highest BCUT2D eigenvalue weighted by Crippen LogP contribution is 2.20. The molecule has 1 aliphatic rings. The van der Waals surface area contributed by atoms with Crippen LogP contribution >= 0.6 is 0 Å². The van der Waals surface area contributed by atoms with Gasteiger partial charge in [0.1, 0.15) is 5.60 Å². The van der Waals surface area contributed by atoms with Crippen molar-refractivity contribution in [1.29, 1.82) is 0 Å². The molecule has 0 spiro atoms. The number of nitrogens with one attached hydrogen (secondary N) is 1. The number of nitrogens with zero attached hydrogens (tertiary/aromatic N) is 1. The Morgan fingerprint density at radius 1 is 1.32 bits per heavy atom. The number of carbonyl (C=O) groups excluding carboxylic acids is 2. The van der Waals surface area contributed by atoms with Crippen LogP contribution < -0.4 is 5.32 Å². The number of carbonyl (C=O) groups is 2. The van der Waals surface area contributed by atoms with Gasteiger partial charge in [-0.2, -0.15) is 0 Å². The highest BCUT2D eigenvalue weighted by molar-refractivity contribution is 5.94. The Morgan fingerprint density at radius 3 is 2.64 bits per heavy atom. The second-order valence-electron chi connectivity index (χ2n) is 6.55. The first kappa shape index (κ1) is 16.3. The average molecular weight is 306 g/mol. The summed E-state index contributed by atoms with van der Waals surface area (Å²) in [5, 5.41) is 2.90. The third-order valence-corrected chi connectivity index (χ3v) is 3.54. The van der Waals surface area contributed by atoms with E-state index in [2.05, 4.69) is 5.32 Å². The number of rotatable bonds is 3. The van der Waals surface area contributed by atoms with Crippen molar-refractivity contribution in [2.75, 3.05) is 13.1 Å². The van der Waals surface area contributed by atoms with E-state index in [4.69, 9.17) is 4.74 Å². The molecule has 5 nitrogen and oxygen atoms in total. The number of amides is 2. The van der Waals surface area contributed by atoms with E-state index in [0.29, 0.717) is 18.7 Å². The molecule has 0 radical (unpaired) electrons. The number of likely N-dealkylation sites (tertiary alicyclic amines) is 1. The summed E-state index contributed by atoms with van der Waals surface area (Å²) in [4.78, 5) is 26.0. The van der Waals surface area contributed by atoms with Crippen molar-refractivity contribution < 1.29 is 15.8 Å². The first-order valence-corrected chi connectivity index (χ1v) is 7.70. The van der Waals surface area contributed by atoms with Gasteiger partial charge in [0.15, 0.2) is 0 Å². The van der Waals surface area contributed by atoms with Crippen LogP contribution in [0.1, 0.15) is 45.4 Å². The fourth-order valence-corrected chi connectivity index (χ4v) is 2.51. The van der Waals surface area contributed by atoms with E-state index in [9.17, 15) is 9.59 Å². The largest absolute Gasteiger partial charge is 0.444 e. The van der Waals surface area contributed by atoms with Crippen LogP contribution in [0.25, 0.3) is 0 Å². The molecule has 1 saturated heterocycles. The summed E-state index contributed by atoms with van der Waals surface area (Å²) in [7, 11) is 0. The lowest BCUT2D eigenvalue weighted by Gasteiger charge is -2.28. The molecule has 122 valence electrons. The van der Waals surface area contributed by atoms with Crippen molar-refractivity contribution in [3.8, 4) is 0 Å². The lowest BCUT2D eigenvalue weighted by atomic mass is 10.2. The Labute approximate surface area is 133 Å². The van der Waals surface area contributed by atoms with Gasteiger partial charge < -0.3 is 15.0 Å². The van der Waals surface area contributed by atoms with Crippen molar-refractivity contribution in [3.63, 3.8) is 0 Å². The summed E-state index contributed by atoms with van der Waals surface area (Å²) in [6.07, 6.45) is 1.52. The molecule has 2 amide bonds. The Kier molecular flexibility index (Phi) is 5.06. The monoisotopic (exact) mass is 306 g/mol. The van der Waals surface area contributed by atoms with E-state index in [1.165, 1.54) is 0 Å². The Hall–Kier alpha value is -2.04. The van der Waals surface area contributed by atoms with E-state index < -0.39 is 5.60 Å². The molecule has 1 aliphatic heterocycles. The zero-order valence-electron chi connectivity index (χ0n) is 13.5. The molecule has 1 heterocycles. The normalized spacial score (nSPS) is 18.1. The lowest BCUT2D eigenvalue weighted by molar-refractivity contribution is 0.0225. The van der Waals surface area contributed by atoms with Crippen molar-refractivity contribution in [2.24, 2.45) is 0 Å². The van der Waals surface area contributed by atoms with Crippen molar-refractivity contribution in [1.82, 2.24) is 10.2 Å². The fraction of sp³-hybridized carbons (Fsp3) is 0.529. The van der Waals surface area contributed by atoms with E-state index >= 15 is 0 Å². The van der Waals surface area contributed by atoms with Gasteiger partial charge in [0, 0.05) is 20.1 Å². The van der Waals surface area contributed by atoms with Crippen LogP contribution in [0.4, 0.5) is 4.79 Å². The molecule has 22 heavy (non-hydrogen) atoms. The predicted octanol–water partition coefficient (Wildman–Crippen LogP) is 3.06. The zero-order chi connectivity index (χ0) is 16.2. The first-order chi connectivity index (χ1) is 10.4. The summed E-state index contributed by atoms with van der Waals surface area (Å²) < 4.78 is 5.42. The second-order valence-corrected chi connectivity index (χ2v) is 6.55. The smallest absolute Gasteiger partial charge is 0.410 e. The molecule has 2 rings (SSSR count). The van der Waals surface area contributed by atoms with Gasteiger partial charge in [-0.1, -0.05) is 18.2 Å². The molecule has 5 heteroatoms. The maximum absolute atomic E-state index is 12.2. The Bertz CT molecular complexity index is 528. The van der Waals surface area contributed by atoms with Crippen molar-refractivity contribution >= 4 is 12.0 Å². The lowest BCUT2D eigenvalue weighted by Crippen LogP contribution is -2.45. The summed E-state index contributed by atoms with van der Waals surface area (Å²) in [5.74, 6) is -0.114. The average Bonchev–Trinajstić information content (AvgIpc) is 2.92.